The van der Waals surface area contributed by atoms with Gasteiger partial charge in [0, 0.05) is 5.38 Å². The van der Waals surface area contributed by atoms with Crippen molar-refractivity contribution in [1.29, 1.82) is 0 Å². The summed E-state index contributed by atoms with van der Waals surface area (Å²) in [4.78, 5) is 27.5. The first kappa shape index (κ1) is 14.0. The lowest BCUT2D eigenvalue weighted by Crippen LogP contribution is -2.11. The molecule has 0 saturated carbocycles. The molecule has 0 saturated heterocycles. The molecule has 1 amide bonds. The van der Waals surface area contributed by atoms with Crippen molar-refractivity contribution < 1.29 is 14.3 Å². The molecule has 0 aliphatic heterocycles. The fraction of sp³-hybridized carbons (Fsp3) is 0.182. The van der Waals surface area contributed by atoms with Crippen molar-refractivity contribution in [3.05, 3.63) is 32.4 Å². The van der Waals surface area contributed by atoms with Gasteiger partial charge in [0.1, 0.15) is 4.88 Å². The van der Waals surface area contributed by atoms with Gasteiger partial charge in [-0.15, -0.1) is 22.7 Å². The normalized spacial score (nSPS) is 10.2. The predicted molar refractivity (Wildman–Crippen MR) is 75.1 cm³/mol. The molecule has 0 fully saturated rings. The van der Waals surface area contributed by atoms with Gasteiger partial charge >= 0.3 is 5.97 Å². The molecule has 1 N–H and O–H groups in total. The summed E-state index contributed by atoms with van der Waals surface area (Å²) in [5.41, 5.74) is 0.560. The summed E-state index contributed by atoms with van der Waals surface area (Å²) in [5, 5.41) is 6.91. The highest BCUT2D eigenvalue weighted by Crippen LogP contribution is 2.24. The van der Waals surface area contributed by atoms with Crippen LogP contribution in [0, 0.1) is 0 Å². The Bertz CT molecular complexity index is 609. The fourth-order valence-corrected chi connectivity index (χ4v) is 3.02. The summed E-state index contributed by atoms with van der Waals surface area (Å²) in [6, 6.07) is 1.66. The summed E-state index contributed by atoms with van der Waals surface area (Å²) in [5.74, 6) is -0.677. The van der Waals surface area contributed by atoms with E-state index in [4.69, 9.17) is 11.6 Å². The van der Waals surface area contributed by atoms with Crippen molar-refractivity contribution in [1.82, 2.24) is 4.98 Å². The van der Waals surface area contributed by atoms with Crippen molar-refractivity contribution in [2.45, 2.75) is 6.42 Å². The van der Waals surface area contributed by atoms with E-state index in [0.29, 0.717) is 20.7 Å². The van der Waals surface area contributed by atoms with Gasteiger partial charge in [-0.05, 0) is 11.4 Å². The van der Waals surface area contributed by atoms with Crippen LogP contribution in [-0.4, -0.2) is 24.0 Å². The van der Waals surface area contributed by atoms with E-state index in [9.17, 15) is 9.59 Å². The molecule has 2 aromatic rings. The van der Waals surface area contributed by atoms with E-state index >= 15 is 0 Å². The van der Waals surface area contributed by atoms with Crippen molar-refractivity contribution in [3.63, 3.8) is 0 Å². The number of hydrogen-bond donors (Lipinski definition) is 1. The molecule has 8 heteroatoms. The molecule has 2 rings (SSSR count). The van der Waals surface area contributed by atoms with Crippen LogP contribution in [-0.2, 0) is 16.0 Å². The highest BCUT2D eigenvalue weighted by molar-refractivity contribution is 7.14. The van der Waals surface area contributed by atoms with Gasteiger partial charge in [0.2, 0.25) is 0 Å². The molecular weight excluding hydrogens is 308 g/mol. The third-order valence-corrected chi connectivity index (χ3v) is 4.30. The number of halogens is 1. The minimum absolute atomic E-state index is 0.0859. The second-order valence-electron chi connectivity index (χ2n) is 3.45. The van der Waals surface area contributed by atoms with Gasteiger partial charge < -0.3 is 4.74 Å². The number of carbonyl (C=O) groups excluding carboxylic acids is 2. The van der Waals surface area contributed by atoms with Crippen LogP contribution >= 0.6 is 34.3 Å². The van der Waals surface area contributed by atoms with Crippen molar-refractivity contribution in [3.8, 4) is 0 Å². The molecule has 19 heavy (non-hydrogen) atoms. The maximum absolute atomic E-state index is 11.9. The molecule has 100 valence electrons. The number of ether oxygens (including phenoxy) is 1. The molecule has 0 spiro atoms. The molecule has 0 aliphatic rings. The number of rotatable bonds is 4. The molecule has 0 atom stereocenters. The van der Waals surface area contributed by atoms with Crippen LogP contribution in [0.25, 0.3) is 0 Å². The van der Waals surface area contributed by atoms with E-state index in [1.165, 1.54) is 29.8 Å². The lowest BCUT2D eigenvalue weighted by molar-refractivity contribution is -0.139. The minimum atomic E-state index is -0.371. The largest absolute Gasteiger partial charge is 0.469 e. The van der Waals surface area contributed by atoms with Crippen LogP contribution < -0.4 is 5.32 Å². The molecule has 2 aromatic heterocycles. The summed E-state index contributed by atoms with van der Waals surface area (Å²) in [6.07, 6.45) is 0.0859. The Morgan fingerprint density at radius 3 is 2.89 bits per heavy atom. The second kappa shape index (κ2) is 6.14. The monoisotopic (exact) mass is 316 g/mol. The number of methoxy groups -OCH3 is 1. The average molecular weight is 317 g/mol. The van der Waals surface area contributed by atoms with Crippen LogP contribution in [0.3, 0.4) is 0 Å². The molecule has 0 radical (unpaired) electrons. The quantitative estimate of drug-likeness (QED) is 0.881. The van der Waals surface area contributed by atoms with Crippen molar-refractivity contribution >= 4 is 51.3 Å². The number of thiophene rings is 1. The second-order valence-corrected chi connectivity index (χ2v) is 5.63. The highest BCUT2D eigenvalue weighted by atomic mass is 35.5. The number of thiazole rings is 1. The van der Waals surface area contributed by atoms with Gasteiger partial charge in [-0.2, -0.15) is 0 Å². The number of aromatic nitrogens is 1. The molecule has 0 aromatic carbocycles. The topological polar surface area (TPSA) is 68.3 Å². The third kappa shape index (κ3) is 3.52. The number of nitrogens with one attached hydrogen (secondary N) is 1. The van der Waals surface area contributed by atoms with Crippen molar-refractivity contribution in [2.24, 2.45) is 0 Å². The number of carbonyl (C=O) groups is 2. The Morgan fingerprint density at radius 1 is 1.47 bits per heavy atom. The van der Waals surface area contributed by atoms with Crippen LogP contribution in [0.1, 0.15) is 15.4 Å². The molecule has 5 nitrogen and oxygen atoms in total. The molecule has 0 unspecified atom stereocenters. The van der Waals surface area contributed by atoms with Crippen LogP contribution in [0.5, 0.6) is 0 Å². The number of anilines is 1. The number of esters is 1. The van der Waals surface area contributed by atoms with E-state index in [1.807, 2.05) is 0 Å². The highest BCUT2D eigenvalue weighted by Gasteiger charge is 2.14. The SMILES string of the molecule is COC(=O)Cc1csc(NC(=O)c2sccc2Cl)n1. The van der Waals surface area contributed by atoms with Gasteiger partial charge in [-0.1, -0.05) is 11.6 Å². The van der Waals surface area contributed by atoms with E-state index in [0.717, 1.165) is 0 Å². The Labute approximate surface area is 122 Å². The number of amides is 1. The smallest absolute Gasteiger partial charge is 0.311 e. The van der Waals surface area contributed by atoms with E-state index in [-0.39, 0.29) is 18.3 Å². The number of hydrogen-bond acceptors (Lipinski definition) is 6. The predicted octanol–water partition coefficient (Wildman–Crippen LogP) is 2.83. The Hall–Kier alpha value is -1.44. The Morgan fingerprint density at radius 2 is 2.26 bits per heavy atom. The van der Waals surface area contributed by atoms with Crippen molar-refractivity contribution in [2.75, 3.05) is 12.4 Å². The first-order valence-electron chi connectivity index (χ1n) is 5.15. The lowest BCUT2D eigenvalue weighted by atomic mass is 10.3. The summed E-state index contributed by atoms with van der Waals surface area (Å²) < 4.78 is 4.54. The number of nitrogens with zero attached hydrogens (tertiary/aromatic N) is 1. The zero-order valence-corrected chi connectivity index (χ0v) is 12.2. The minimum Gasteiger partial charge on any atom is -0.469 e. The third-order valence-electron chi connectivity index (χ3n) is 2.15. The summed E-state index contributed by atoms with van der Waals surface area (Å²) in [7, 11) is 1.32. The van der Waals surface area contributed by atoms with E-state index < -0.39 is 0 Å². The van der Waals surface area contributed by atoms with Crippen LogP contribution in [0.4, 0.5) is 5.13 Å². The zero-order valence-electron chi connectivity index (χ0n) is 9.81. The molecular formula is C11H9ClN2O3S2. The van der Waals surface area contributed by atoms with Gasteiger partial charge in [0.15, 0.2) is 5.13 Å². The summed E-state index contributed by atoms with van der Waals surface area (Å²) >= 11 is 8.37. The van der Waals surface area contributed by atoms with Gasteiger partial charge in [0.25, 0.3) is 5.91 Å². The van der Waals surface area contributed by atoms with Crippen LogP contribution in [0.2, 0.25) is 5.02 Å². The van der Waals surface area contributed by atoms with Gasteiger partial charge in [0.05, 0.1) is 24.2 Å². The summed E-state index contributed by atoms with van der Waals surface area (Å²) in [6.45, 7) is 0. The zero-order chi connectivity index (χ0) is 13.8. The Kier molecular flexibility index (Phi) is 4.52. The maximum Gasteiger partial charge on any atom is 0.311 e. The first-order valence-corrected chi connectivity index (χ1v) is 7.29. The fourth-order valence-electron chi connectivity index (χ4n) is 1.28. The Balaban J connectivity index is 2.02. The van der Waals surface area contributed by atoms with E-state index in [1.54, 1.807) is 16.8 Å². The first-order chi connectivity index (χ1) is 9.10. The van der Waals surface area contributed by atoms with Gasteiger partial charge in [-0.25, -0.2) is 4.98 Å². The molecule has 2 heterocycles. The molecule has 0 bridgehead atoms. The van der Waals surface area contributed by atoms with Crippen LogP contribution in [0.15, 0.2) is 16.8 Å². The average Bonchev–Trinajstić information content (AvgIpc) is 2.98. The lowest BCUT2D eigenvalue weighted by Gasteiger charge is -1.99. The van der Waals surface area contributed by atoms with E-state index in [2.05, 4.69) is 15.0 Å². The standard InChI is InChI=1S/C11H9ClN2O3S2/c1-17-8(15)4-6-5-19-11(13-6)14-10(16)9-7(12)2-3-18-9/h2-3,5H,4H2,1H3,(H,13,14,16). The maximum atomic E-state index is 11.9. The van der Waals surface area contributed by atoms with Gasteiger partial charge in [-0.3, -0.25) is 14.9 Å². The molecule has 0 aliphatic carbocycles.